The van der Waals surface area contributed by atoms with E-state index in [1.807, 2.05) is 0 Å². The number of benzene rings is 1. The smallest absolute Gasteiger partial charge is 0.0827 e. The van der Waals surface area contributed by atoms with Crippen molar-refractivity contribution in [2.75, 3.05) is 38.5 Å². The maximum absolute atomic E-state index is 9.39. The third-order valence-corrected chi connectivity index (χ3v) is 5.64. The minimum Gasteiger partial charge on any atom is -1.00 e. The lowest BCUT2D eigenvalue weighted by molar-refractivity contribution is -0.928. The summed E-state index contributed by atoms with van der Waals surface area (Å²) in [5.74, 6) is 0. The van der Waals surface area contributed by atoms with Gasteiger partial charge in [0.05, 0.1) is 26.2 Å². The van der Waals surface area contributed by atoms with Crippen LogP contribution in [0.2, 0.25) is 0 Å². The highest BCUT2D eigenvalue weighted by atomic mass is 79.9. The van der Waals surface area contributed by atoms with Crippen LogP contribution in [0.4, 0.5) is 5.69 Å². The quantitative estimate of drug-likeness (QED) is 0.322. The molecule has 0 heterocycles. The predicted molar refractivity (Wildman–Crippen MR) is 114 cm³/mol. The van der Waals surface area contributed by atoms with Gasteiger partial charge in [-0.15, -0.1) is 0 Å². The molecule has 0 spiro atoms. The number of quaternary nitrogens is 1. The maximum atomic E-state index is 9.39. The number of nitrogens with two attached hydrogens (primary N) is 1. The van der Waals surface area contributed by atoms with Crippen LogP contribution in [0.25, 0.3) is 0 Å². The molecule has 0 aromatic heterocycles. The van der Waals surface area contributed by atoms with Crippen molar-refractivity contribution in [1.29, 1.82) is 0 Å². The summed E-state index contributed by atoms with van der Waals surface area (Å²) in [4.78, 5) is 0. The zero-order chi connectivity index (χ0) is 19.3. The standard InChI is InChI=1S/C23H43N2O.BrH/c1-4-7-11-22-20-21(12-13-23(22)24)14-18-25(15-8-5-2,16-9-6-3)17-10-19-26;/h12-13,20,26H,4-11,14-19,24H2,1-3H3;1H/q+1;/p-1. The minimum absolute atomic E-state index is 0. The number of unbranched alkanes of at least 4 members (excludes halogenated alkanes) is 3. The van der Waals surface area contributed by atoms with Gasteiger partial charge in [-0.2, -0.15) is 0 Å². The van der Waals surface area contributed by atoms with Gasteiger partial charge in [0, 0.05) is 25.1 Å². The van der Waals surface area contributed by atoms with Crippen molar-refractivity contribution in [2.45, 2.75) is 78.6 Å². The summed E-state index contributed by atoms with van der Waals surface area (Å²) in [6, 6.07) is 6.65. The van der Waals surface area contributed by atoms with E-state index in [0.29, 0.717) is 6.61 Å². The minimum atomic E-state index is 0. The first kappa shape index (κ1) is 26.4. The first-order chi connectivity index (χ1) is 12.6. The summed E-state index contributed by atoms with van der Waals surface area (Å²) in [5.41, 5.74) is 9.86. The van der Waals surface area contributed by atoms with E-state index in [0.717, 1.165) is 36.0 Å². The third-order valence-electron chi connectivity index (χ3n) is 5.64. The highest BCUT2D eigenvalue weighted by molar-refractivity contribution is 5.48. The fourth-order valence-electron chi connectivity index (χ4n) is 3.83. The van der Waals surface area contributed by atoms with Gasteiger partial charge in [0.1, 0.15) is 0 Å². The normalized spacial score (nSPS) is 11.4. The van der Waals surface area contributed by atoms with Gasteiger partial charge in [-0.05, 0) is 42.9 Å². The Hall–Kier alpha value is -0.580. The summed E-state index contributed by atoms with van der Waals surface area (Å²) in [5, 5.41) is 9.39. The molecule has 0 aliphatic carbocycles. The van der Waals surface area contributed by atoms with Crippen molar-refractivity contribution in [3.05, 3.63) is 29.3 Å². The highest BCUT2D eigenvalue weighted by Gasteiger charge is 2.25. The molecule has 0 aliphatic heterocycles. The van der Waals surface area contributed by atoms with Gasteiger partial charge in [0.15, 0.2) is 0 Å². The van der Waals surface area contributed by atoms with E-state index in [-0.39, 0.29) is 17.0 Å². The number of hydrogen-bond donors (Lipinski definition) is 2. The molecule has 0 saturated carbocycles. The summed E-state index contributed by atoms with van der Waals surface area (Å²) >= 11 is 0. The number of aliphatic hydroxyl groups is 1. The number of rotatable bonds is 15. The molecule has 0 atom stereocenters. The molecule has 1 aromatic carbocycles. The Morgan fingerprint density at radius 1 is 0.815 bits per heavy atom. The Morgan fingerprint density at radius 2 is 1.41 bits per heavy atom. The molecule has 0 amide bonds. The van der Waals surface area contributed by atoms with Crippen molar-refractivity contribution in [3.63, 3.8) is 0 Å². The molecule has 0 radical (unpaired) electrons. The second kappa shape index (κ2) is 15.4. The summed E-state index contributed by atoms with van der Waals surface area (Å²) in [6.45, 7) is 11.9. The van der Waals surface area contributed by atoms with Crippen LogP contribution in [0.5, 0.6) is 0 Å². The lowest BCUT2D eigenvalue weighted by atomic mass is 10.0. The van der Waals surface area contributed by atoms with Crippen LogP contribution >= 0.6 is 0 Å². The van der Waals surface area contributed by atoms with E-state index < -0.39 is 0 Å². The van der Waals surface area contributed by atoms with Crippen molar-refractivity contribution in [3.8, 4) is 0 Å². The average Bonchev–Trinajstić information content (AvgIpc) is 2.66. The van der Waals surface area contributed by atoms with E-state index in [2.05, 4.69) is 39.0 Å². The second-order valence-corrected chi connectivity index (χ2v) is 7.91. The molecular formula is C23H43BrN2O. The van der Waals surface area contributed by atoms with Gasteiger partial charge in [-0.1, -0.05) is 52.2 Å². The third kappa shape index (κ3) is 9.96. The lowest BCUT2D eigenvalue weighted by Crippen LogP contribution is -3.00. The monoisotopic (exact) mass is 442 g/mol. The van der Waals surface area contributed by atoms with Crippen LogP contribution in [0, 0.1) is 0 Å². The summed E-state index contributed by atoms with van der Waals surface area (Å²) in [6.07, 6.45) is 10.6. The van der Waals surface area contributed by atoms with E-state index >= 15 is 0 Å². The Labute approximate surface area is 178 Å². The Bertz CT molecular complexity index is 471. The van der Waals surface area contributed by atoms with Crippen molar-refractivity contribution in [2.24, 2.45) is 0 Å². The molecule has 1 rings (SSSR count). The van der Waals surface area contributed by atoms with E-state index in [4.69, 9.17) is 5.73 Å². The largest absolute Gasteiger partial charge is 1.00 e. The van der Waals surface area contributed by atoms with Crippen LogP contribution in [0.15, 0.2) is 18.2 Å². The molecule has 0 fully saturated rings. The van der Waals surface area contributed by atoms with E-state index in [9.17, 15) is 5.11 Å². The van der Waals surface area contributed by atoms with Crippen molar-refractivity contribution >= 4 is 5.69 Å². The topological polar surface area (TPSA) is 46.2 Å². The Kier molecular flexibility index (Phi) is 15.0. The average molecular weight is 444 g/mol. The molecule has 3 N–H and O–H groups in total. The molecule has 3 nitrogen and oxygen atoms in total. The maximum Gasteiger partial charge on any atom is 0.0827 e. The van der Waals surface area contributed by atoms with Crippen LogP contribution in [0.3, 0.4) is 0 Å². The molecule has 0 saturated heterocycles. The van der Waals surface area contributed by atoms with Gasteiger partial charge in [-0.3, -0.25) is 0 Å². The zero-order valence-corrected chi connectivity index (χ0v) is 19.6. The number of nitrogen functional groups attached to an aromatic ring is 1. The van der Waals surface area contributed by atoms with Crippen LogP contribution in [-0.2, 0) is 12.8 Å². The van der Waals surface area contributed by atoms with Crippen molar-refractivity contribution in [1.82, 2.24) is 0 Å². The zero-order valence-electron chi connectivity index (χ0n) is 18.0. The van der Waals surface area contributed by atoms with Crippen LogP contribution in [0.1, 0.15) is 76.8 Å². The number of aliphatic hydroxyl groups excluding tert-OH is 1. The lowest BCUT2D eigenvalue weighted by Gasteiger charge is -2.39. The SMILES string of the molecule is CCCCc1cc(CC[N+](CCCC)(CCCC)CCCO)ccc1N.[Br-]. The Balaban J connectivity index is 0.00000676. The first-order valence-electron chi connectivity index (χ1n) is 10.9. The van der Waals surface area contributed by atoms with Gasteiger partial charge < -0.3 is 32.3 Å². The summed E-state index contributed by atoms with van der Waals surface area (Å²) < 4.78 is 1.16. The molecule has 0 bridgehead atoms. The van der Waals surface area contributed by atoms with Gasteiger partial charge in [-0.25, -0.2) is 0 Å². The van der Waals surface area contributed by atoms with Crippen LogP contribution < -0.4 is 22.7 Å². The second-order valence-electron chi connectivity index (χ2n) is 7.91. The predicted octanol–water partition coefficient (Wildman–Crippen LogP) is 1.96. The number of aryl methyl sites for hydroxylation is 1. The fourth-order valence-corrected chi connectivity index (χ4v) is 3.83. The van der Waals surface area contributed by atoms with Crippen molar-refractivity contribution < 1.29 is 26.6 Å². The van der Waals surface area contributed by atoms with E-state index in [1.54, 1.807) is 0 Å². The first-order valence-corrected chi connectivity index (χ1v) is 10.9. The molecule has 1 aromatic rings. The fraction of sp³-hybridized carbons (Fsp3) is 0.739. The van der Waals surface area contributed by atoms with Gasteiger partial charge in [0.25, 0.3) is 0 Å². The number of anilines is 1. The number of nitrogens with zero attached hydrogens (tertiary/aromatic N) is 1. The van der Waals surface area contributed by atoms with E-state index in [1.165, 1.54) is 69.3 Å². The molecule has 27 heavy (non-hydrogen) atoms. The highest BCUT2D eigenvalue weighted by Crippen LogP contribution is 2.20. The molecule has 0 unspecified atom stereocenters. The number of hydrogen-bond acceptors (Lipinski definition) is 2. The molecular weight excluding hydrogens is 400 g/mol. The summed E-state index contributed by atoms with van der Waals surface area (Å²) in [7, 11) is 0. The molecule has 158 valence electrons. The van der Waals surface area contributed by atoms with Gasteiger partial charge >= 0.3 is 0 Å². The number of halogens is 1. The van der Waals surface area contributed by atoms with Crippen LogP contribution in [-0.4, -0.2) is 42.4 Å². The Morgan fingerprint density at radius 3 is 1.96 bits per heavy atom. The van der Waals surface area contributed by atoms with Gasteiger partial charge in [0.2, 0.25) is 0 Å². The molecule has 0 aliphatic rings. The molecule has 4 heteroatoms.